The van der Waals surface area contributed by atoms with Crippen LogP contribution in [0.5, 0.6) is 0 Å². The van der Waals surface area contributed by atoms with E-state index in [2.05, 4.69) is 9.97 Å². The molecule has 1 atom stereocenters. The van der Waals surface area contributed by atoms with E-state index in [1.807, 2.05) is 0 Å². The lowest BCUT2D eigenvalue weighted by atomic mass is 10.0. The van der Waals surface area contributed by atoms with Gasteiger partial charge in [0, 0.05) is 22.6 Å². The van der Waals surface area contributed by atoms with Crippen LogP contribution in [0.1, 0.15) is 79.4 Å². The summed E-state index contributed by atoms with van der Waals surface area (Å²) in [5, 5.41) is 9.83. The van der Waals surface area contributed by atoms with Gasteiger partial charge in [0.15, 0.2) is 6.61 Å². The van der Waals surface area contributed by atoms with Gasteiger partial charge in [0.2, 0.25) is 5.78 Å². The summed E-state index contributed by atoms with van der Waals surface area (Å²) >= 11 is 0. The summed E-state index contributed by atoms with van der Waals surface area (Å²) in [6.07, 6.45) is -0.739. The maximum Gasteiger partial charge on any atom is 0.355 e. The van der Waals surface area contributed by atoms with E-state index in [4.69, 9.17) is 9.47 Å². The van der Waals surface area contributed by atoms with Gasteiger partial charge in [-0.25, -0.2) is 9.59 Å². The highest BCUT2D eigenvalue weighted by molar-refractivity contribution is 6.09. The number of H-pyrrole nitrogens is 2. The SMILES string of the molecule is CCOC(=O)c1c(C)[nH]c(C)c1C(=O)COC(=O)c1[nH]c(C)c([C@H](C)O)c1C. The number of ether oxygens (including phenoxy) is 2. The van der Waals surface area contributed by atoms with Gasteiger partial charge in [-0.2, -0.15) is 0 Å². The van der Waals surface area contributed by atoms with Gasteiger partial charge in [0.1, 0.15) is 5.69 Å². The molecule has 8 heteroatoms. The summed E-state index contributed by atoms with van der Waals surface area (Å²) in [5.41, 5.74) is 3.39. The largest absolute Gasteiger partial charge is 0.462 e. The Morgan fingerprint density at radius 3 is 2.07 bits per heavy atom. The van der Waals surface area contributed by atoms with Crippen molar-refractivity contribution in [3.05, 3.63) is 45.0 Å². The number of aliphatic hydroxyl groups excluding tert-OH is 1. The first kappa shape index (κ1) is 21.4. The topological polar surface area (TPSA) is 121 Å². The number of carbonyl (C=O) groups excluding carboxylic acids is 3. The summed E-state index contributed by atoms with van der Waals surface area (Å²) in [4.78, 5) is 43.1. The third-order valence-electron chi connectivity index (χ3n) is 4.59. The lowest BCUT2D eigenvalue weighted by Gasteiger charge is -2.08. The number of carbonyl (C=O) groups is 3. The predicted molar refractivity (Wildman–Crippen MR) is 102 cm³/mol. The van der Waals surface area contributed by atoms with E-state index in [0.717, 1.165) is 0 Å². The average molecular weight is 390 g/mol. The molecular formula is C20H26N2O6. The second-order valence-electron chi connectivity index (χ2n) is 6.68. The Labute approximate surface area is 163 Å². The van der Waals surface area contributed by atoms with Crippen LogP contribution in [0.4, 0.5) is 0 Å². The van der Waals surface area contributed by atoms with Crippen molar-refractivity contribution in [2.24, 2.45) is 0 Å². The van der Waals surface area contributed by atoms with Crippen molar-refractivity contribution < 1.29 is 29.0 Å². The summed E-state index contributed by atoms with van der Waals surface area (Å²) in [7, 11) is 0. The third-order valence-corrected chi connectivity index (χ3v) is 4.59. The Bertz CT molecular complexity index is 920. The average Bonchev–Trinajstić information content (AvgIpc) is 3.07. The fourth-order valence-corrected chi connectivity index (χ4v) is 3.46. The lowest BCUT2D eigenvalue weighted by molar-refractivity contribution is 0.0466. The molecule has 0 fully saturated rings. The molecule has 2 rings (SSSR count). The van der Waals surface area contributed by atoms with Gasteiger partial charge in [-0.1, -0.05) is 0 Å². The van der Waals surface area contributed by atoms with E-state index in [9.17, 15) is 19.5 Å². The minimum atomic E-state index is -0.739. The minimum Gasteiger partial charge on any atom is -0.462 e. The highest BCUT2D eigenvalue weighted by Crippen LogP contribution is 2.25. The Kier molecular flexibility index (Phi) is 6.45. The molecule has 0 spiro atoms. The molecular weight excluding hydrogens is 364 g/mol. The molecule has 28 heavy (non-hydrogen) atoms. The van der Waals surface area contributed by atoms with Crippen molar-refractivity contribution in [1.82, 2.24) is 9.97 Å². The number of ketones is 1. The molecule has 0 amide bonds. The first-order chi connectivity index (χ1) is 13.1. The molecule has 0 aromatic carbocycles. The van der Waals surface area contributed by atoms with E-state index in [1.165, 1.54) is 0 Å². The monoisotopic (exact) mass is 390 g/mol. The second kappa shape index (κ2) is 8.43. The fraction of sp³-hybridized carbons (Fsp3) is 0.450. The van der Waals surface area contributed by atoms with Crippen LogP contribution in [0.15, 0.2) is 0 Å². The summed E-state index contributed by atoms with van der Waals surface area (Å²) in [5.74, 6) is -1.81. The third kappa shape index (κ3) is 4.01. The molecule has 152 valence electrons. The van der Waals surface area contributed by atoms with Crippen molar-refractivity contribution in [2.45, 2.75) is 47.6 Å². The molecule has 0 saturated heterocycles. The van der Waals surface area contributed by atoms with Crippen LogP contribution >= 0.6 is 0 Å². The van der Waals surface area contributed by atoms with E-state index in [0.29, 0.717) is 28.2 Å². The molecule has 2 aromatic rings. The quantitative estimate of drug-likeness (QED) is 0.494. The number of hydrogen-bond acceptors (Lipinski definition) is 6. The smallest absolute Gasteiger partial charge is 0.355 e. The number of aromatic nitrogens is 2. The van der Waals surface area contributed by atoms with Crippen LogP contribution in [0.3, 0.4) is 0 Å². The Hall–Kier alpha value is -2.87. The number of esters is 2. The molecule has 8 nitrogen and oxygen atoms in total. The zero-order chi connectivity index (χ0) is 21.2. The van der Waals surface area contributed by atoms with E-state index < -0.39 is 30.4 Å². The number of hydrogen-bond donors (Lipinski definition) is 3. The molecule has 0 saturated carbocycles. The zero-order valence-corrected chi connectivity index (χ0v) is 17.0. The fourth-order valence-electron chi connectivity index (χ4n) is 3.46. The van der Waals surface area contributed by atoms with Gasteiger partial charge in [-0.05, 0) is 47.1 Å². The van der Waals surface area contributed by atoms with E-state index in [1.54, 1.807) is 41.5 Å². The van der Waals surface area contributed by atoms with Gasteiger partial charge in [0.05, 0.1) is 23.8 Å². The molecule has 0 bridgehead atoms. The highest BCUT2D eigenvalue weighted by atomic mass is 16.5. The van der Waals surface area contributed by atoms with Crippen LogP contribution in [0, 0.1) is 27.7 Å². The number of aryl methyl sites for hydroxylation is 3. The van der Waals surface area contributed by atoms with Gasteiger partial charge in [0.25, 0.3) is 0 Å². The van der Waals surface area contributed by atoms with Crippen molar-refractivity contribution in [2.75, 3.05) is 13.2 Å². The Morgan fingerprint density at radius 1 is 0.929 bits per heavy atom. The minimum absolute atomic E-state index is 0.156. The van der Waals surface area contributed by atoms with Gasteiger partial charge < -0.3 is 24.5 Å². The number of aromatic amines is 2. The van der Waals surface area contributed by atoms with Gasteiger partial charge >= 0.3 is 11.9 Å². The molecule has 0 radical (unpaired) electrons. The second-order valence-corrected chi connectivity index (χ2v) is 6.68. The first-order valence-electron chi connectivity index (χ1n) is 9.03. The standard InChI is InChI=1S/C20H26N2O6/c1-7-27-19(25)17-12(5)21-11(4)16(17)14(24)8-28-20(26)18-9(2)15(13(6)23)10(3)22-18/h13,21-23H,7-8H2,1-6H3/t13-/m0/s1. The van der Waals surface area contributed by atoms with Crippen molar-refractivity contribution in [3.8, 4) is 0 Å². The van der Waals surface area contributed by atoms with Crippen LogP contribution in [-0.4, -0.2) is 46.0 Å². The molecule has 0 aliphatic carbocycles. The van der Waals surface area contributed by atoms with Crippen molar-refractivity contribution >= 4 is 17.7 Å². The van der Waals surface area contributed by atoms with Gasteiger partial charge in [-0.3, -0.25) is 4.79 Å². The Balaban J connectivity index is 2.21. The van der Waals surface area contributed by atoms with Crippen LogP contribution < -0.4 is 0 Å². The summed E-state index contributed by atoms with van der Waals surface area (Å²) in [6, 6.07) is 0. The van der Waals surface area contributed by atoms with E-state index >= 15 is 0 Å². The number of aliphatic hydroxyl groups is 1. The molecule has 0 aliphatic heterocycles. The summed E-state index contributed by atoms with van der Waals surface area (Å²) in [6.45, 7) is 9.72. The van der Waals surface area contributed by atoms with Gasteiger partial charge in [-0.15, -0.1) is 0 Å². The number of rotatable bonds is 7. The predicted octanol–water partition coefficient (Wildman–Crippen LogP) is 2.85. The van der Waals surface area contributed by atoms with Crippen LogP contribution in [0.25, 0.3) is 0 Å². The molecule has 2 heterocycles. The molecule has 0 aliphatic rings. The highest BCUT2D eigenvalue weighted by Gasteiger charge is 2.27. The van der Waals surface area contributed by atoms with Crippen molar-refractivity contribution in [3.63, 3.8) is 0 Å². The van der Waals surface area contributed by atoms with Crippen molar-refractivity contribution in [1.29, 1.82) is 0 Å². The first-order valence-corrected chi connectivity index (χ1v) is 9.03. The van der Waals surface area contributed by atoms with Crippen LogP contribution in [-0.2, 0) is 9.47 Å². The maximum atomic E-state index is 12.7. The molecule has 2 aromatic heterocycles. The zero-order valence-electron chi connectivity index (χ0n) is 17.0. The lowest BCUT2D eigenvalue weighted by Crippen LogP contribution is -2.18. The maximum absolute atomic E-state index is 12.7. The molecule has 0 unspecified atom stereocenters. The Morgan fingerprint density at radius 2 is 1.54 bits per heavy atom. The van der Waals surface area contributed by atoms with E-state index in [-0.39, 0.29) is 23.4 Å². The van der Waals surface area contributed by atoms with Crippen LogP contribution in [0.2, 0.25) is 0 Å². The number of nitrogens with one attached hydrogen (secondary N) is 2. The number of Topliss-reactive ketones (excluding diaryl/α,β-unsaturated/α-hetero) is 1. The normalized spacial score (nSPS) is 12.0. The summed E-state index contributed by atoms with van der Waals surface area (Å²) < 4.78 is 10.2. The molecule has 3 N–H and O–H groups in total.